The first kappa shape index (κ1) is 25.9. The lowest BCUT2D eigenvalue weighted by atomic mass is 9.92. The van der Waals surface area contributed by atoms with Gasteiger partial charge in [-0.2, -0.15) is 0 Å². The van der Waals surface area contributed by atoms with Crippen molar-refractivity contribution in [1.29, 1.82) is 0 Å². The lowest BCUT2D eigenvalue weighted by molar-refractivity contribution is 0.243. The van der Waals surface area contributed by atoms with Crippen LogP contribution in [0.2, 0.25) is 0 Å². The Balaban J connectivity index is 2.18. The van der Waals surface area contributed by atoms with Crippen LogP contribution in [0.1, 0.15) is 64.3 Å². The van der Waals surface area contributed by atoms with E-state index in [1.807, 2.05) is 53.7 Å². The van der Waals surface area contributed by atoms with Crippen molar-refractivity contribution in [2.75, 3.05) is 0 Å². The molecule has 194 valence electrons. The van der Waals surface area contributed by atoms with E-state index in [-0.39, 0.29) is 69.3 Å². The summed E-state index contributed by atoms with van der Waals surface area (Å²) >= 11 is 0. The molecule has 0 fully saturated rings. The molecule has 2 aromatic carbocycles. The minimum Gasteiger partial charge on any atom is -0.507 e. The van der Waals surface area contributed by atoms with Crippen LogP contribution in [0, 0.1) is 0 Å². The van der Waals surface area contributed by atoms with Gasteiger partial charge in [-0.25, -0.2) is 0 Å². The fourth-order valence-corrected chi connectivity index (χ4v) is 4.43. The molecule has 4 N–H and O–H groups in total. The predicted molar refractivity (Wildman–Crippen MR) is 144 cm³/mol. The van der Waals surface area contributed by atoms with E-state index < -0.39 is 17.3 Å². The van der Waals surface area contributed by atoms with Gasteiger partial charge in [0, 0.05) is 17.2 Å². The van der Waals surface area contributed by atoms with Gasteiger partial charge in [-0.05, 0) is 66.5 Å². The largest absolute Gasteiger partial charge is 0.507 e. The van der Waals surface area contributed by atoms with Gasteiger partial charge in [0.15, 0.2) is 11.5 Å². The summed E-state index contributed by atoms with van der Waals surface area (Å²) in [5.41, 5.74) is 3.52. The summed E-state index contributed by atoms with van der Waals surface area (Å²) in [5, 5.41) is 42.7. The van der Waals surface area contributed by atoms with Crippen LogP contribution in [0.25, 0.3) is 22.3 Å². The topological polar surface area (TPSA) is 120 Å². The molecule has 0 saturated carbocycles. The van der Waals surface area contributed by atoms with Gasteiger partial charge in [-0.1, -0.05) is 28.9 Å². The summed E-state index contributed by atoms with van der Waals surface area (Å²) in [6, 6.07) is 2.54. The Kier molecular flexibility index (Phi) is 6.82. The highest BCUT2D eigenvalue weighted by Gasteiger charge is 2.34. The number of rotatable bonds is 5. The van der Waals surface area contributed by atoms with Gasteiger partial charge in [0.2, 0.25) is 5.43 Å². The van der Waals surface area contributed by atoms with Crippen LogP contribution >= 0.6 is 0 Å². The number of allylic oxidation sites excluding steroid dienone is 5. The molecule has 0 aliphatic carbocycles. The van der Waals surface area contributed by atoms with Gasteiger partial charge in [0.1, 0.15) is 40.1 Å². The SMILES string of the molecule is CC(C)=CCc1c(O)c(CC=C(C)C)c2oc3c(c(=O)c2c1O)[C@@H](C=C(C)C)Oc1cc(O)c(O)cc1-3. The molecular weight excluding hydrogens is 472 g/mol. The number of ether oxygens (including phenoxy) is 1. The van der Waals surface area contributed by atoms with E-state index in [2.05, 4.69) is 0 Å². The Morgan fingerprint density at radius 3 is 2.03 bits per heavy atom. The number of phenolic OH excluding ortho intramolecular Hbond substituents is 4. The molecule has 2 heterocycles. The molecule has 7 heteroatoms. The first-order chi connectivity index (χ1) is 17.4. The van der Waals surface area contributed by atoms with Crippen molar-refractivity contribution in [2.24, 2.45) is 0 Å². The zero-order valence-electron chi connectivity index (χ0n) is 21.9. The summed E-state index contributed by atoms with van der Waals surface area (Å²) in [7, 11) is 0. The zero-order chi connectivity index (χ0) is 27.2. The number of benzene rings is 2. The zero-order valence-corrected chi connectivity index (χ0v) is 21.9. The molecule has 0 unspecified atom stereocenters. The third-order valence-corrected chi connectivity index (χ3v) is 6.29. The fraction of sp³-hybridized carbons (Fsp3) is 0.300. The van der Waals surface area contributed by atoms with Gasteiger partial charge >= 0.3 is 0 Å². The van der Waals surface area contributed by atoms with E-state index in [0.717, 1.165) is 16.7 Å². The second kappa shape index (κ2) is 9.73. The normalized spacial score (nSPS) is 13.8. The van der Waals surface area contributed by atoms with Crippen molar-refractivity contribution in [1.82, 2.24) is 0 Å². The fourth-order valence-electron chi connectivity index (χ4n) is 4.43. The minimum atomic E-state index is -0.854. The molecule has 0 saturated heterocycles. The van der Waals surface area contributed by atoms with E-state index in [9.17, 15) is 25.2 Å². The molecule has 1 aromatic heterocycles. The van der Waals surface area contributed by atoms with Crippen molar-refractivity contribution in [3.63, 3.8) is 0 Å². The summed E-state index contributed by atoms with van der Waals surface area (Å²) in [4.78, 5) is 14.1. The van der Waals surface area contributed by atoms with E-state index >= 15 is 0 Å². The summed E-state index contributed by atoms with van der Waals surface area (Å²) in [5.74, 6) is -0.866. The van der Waals surface area contributed by atoms with Crippen LogP contribution < -0.4 is 10.2 Å². The van der Waals surface area contributed by atoms with Crippen LogP contribution in [-0.2, 0) is 12.8 Å². The smallest absolute Gasteiger partial charge is 0.204 e. The molecule has 1 aliphatic rings. The molecule has 4 rings (SSSR count). The monoisotopic (exact) mass is 504 g/mol. The number of aromatic hydroxyl groups is 4. The Labute approximate surface area is 215 Å². The number of hydrogen-bond donors (Lipinski definition) is 4. The molecular formula is C30H32O7. The minimum absolute atomic E-state index is 0.0342. The van der Waals surface area contributed by atoms with Gasteiger partial charge < -0.3 is 29.6 Å². The Hall–Kier alpha value is -4.13. The third kappa shape index (κ3) is 4.69. The highest BCUT2D eigenvalue weighted by atomic mass is 16.5. The van der Waals surface area contributed by atoms with Gasteiger partial charge in [-0.15, -0.1) is 0 Å². The van der Waals surface area contributed by atoms with Crippen LogP contribution in [0.4, 0.5) is 0 Å². The highest BCUT2D eigenvalue weighted by molar-refractivity contribution is 5.93. The molecule has 3 aromatic rings. The van der Waals surface area contributed by atoms with Gasteiger partial charge in [-0.3, -0.25) is 4.79 Å². The van der Waals surface area contributed by atoms with Crippen LogP contribution in [0.3, 0.4) is 0 Å². The van der Waals surface area contributed by atoms with E-state index in [0.29, 0.717) is 5.56 Å². The van der Waals surface area contributed by atoms with Crippen molar-refractivity contribution in [2.45, 2.75) is 60.5 Å². The quantitative estimate of drug-likeness (QED) is 0.225. The van der Waals surface area contributed by atoms with E-state index in [1.54, 1.807) is 6.08 Å². The Bertz CT molecular complexity index is 1560. The summed E-state index contributed by atoms with van der Waals surface area (Å²) in [6.07, 6.45) is 5.18. The molecule has 7 nitrogen and oxygen atoms in total. The first-order valence-electron chi connectivity index (χ1n) is 12.1. The van der Waals surface area contributed by atoms with Crippen LogP contribution in [0.15, 0.2) is 56.3 Å². The molecule has 0 radical (unpaired) electrons. The lowest BCUT2D eigenvalue weighted by Gasteiger charge is -2.27. The highest BCUT2D eigenvalue weighted by Crippen LogP contribution is 2.49. The lowest BCUT2D eigenvalue weighted by Crippen LogP contribution is -2.22. The average molecular weight is 505 g/mol. The average Bonchev–Trinajstić information content (AvgIpc) is 2.79. The maximum Gasteiger partial charge on any atom is 0.204 e. The number of hydrogen-bond acceptors (Lipinski definition) is 7. The third-order valence-electron chi connectivity index (χ3n) is 6.29. The summed E-state index contributed by atoms with van der Waals surface area (Å²) < 4.78 is 12.4. The summed E-state index contributed by atoms with van der Waals surface area (Å²) in [6.45, 7) is 11.4. The molecule has 1 atom stereocenters. The van der Waals surface area contributed by atoms with Gasteiger partial charge in [0.25, 0.3) is 0 Å². The van der Waals surface area contributed by atoms with E-state index in [4.69, 9.17) is 9.15 Å². The second-order valence-electron chi connectivity index (χ2n) is 10.1. The van der Waals surface area contributed by atoms with Crippen LogP contribution in [-0.4, -0.2) is 20.4 Å². The molecule has 0 amide bonds. The molecule has 0 spiro atoms. The van der Waals surface area contributed by atoms with Crippen molar-refractivity contribution in [3.8, 4) is 40.1 Å². The van der Waals surface area contributed by atoms with Crippen molar-refractivity contribution < 1.29 is 29.6 Å². The standard InChI is InChI=1S/C30H32O7/c1-14(2)7-9-17-26(33)18(10-8-15(3)4)29-25(27(17)34)28(35)24-23(11-16(5)6)36-22-13-21(32)20(31)12-19(22)30(24)37-29/h7-8,11-13,23,31-34H,9-10H2,1-6H3/t23-/m1/s1. The molecule has 1 aliphatic heterocycles. The maximum absolute atomic E-state index is 14.1. The first-order valence-corrected chi connectivity index (χ1v) is 12.1. The number of phenols is 4. The molecule has 0 bridgehead atoms. The van der Waals surface area contributed by atoms with Crippen molar-refractivity contribution >= 4 is 11.0 Å². The van der Waals surface area contributed by atoms with Gasteiger partial charge in [0.05, 0.1) is 11.1 Å². The van der Waals surface area contributed by atoms with Crippen LogP contribution in [0.5, 0.6) is 28.7 Å². The second-order valence-corrected chi connectivity index (χ2v) is 10.1. The molecule has 37 heavy (non-hydrogen) atoms. The Morgan fingerprint density at radius 1 is 0.838 bits per heavy atom. The van der Waals surface area contributed by atoms with Crippen molar-refractivity contribution in [3.05, 3.63) is 74.0 Å². The predicted octanol–water partition coefficient (Wildman–Crippen LogP) is 6.70. The Morgan fingerprint density at radius 2 is 1.43 bits per heavy atom. The maximum atomic E-state index is 14.1. The van der Waals surface area contributed by atoms with E-state index in [1.165, 1.54) is 12.1 Å². The number of fused-ring (bicyclic) bond motifs is 4.